The van der Waals surface area contributed by atoms with Gasteiger partial charge in [0.1, 0.15) is 18.0 Å². The predicted molar refractivity (Wildman–Crippen MR) is 98.1 cm³/mol. The van der Waals surface area contributed by atoms with Gasteiger partial charge in [-0.2, -0.15) is 0 Å². The second-order valence-corrected chi connectivity index (χ2v) is 6.79. The van der Waals surface area contributed by atoms with Crippen LogP contribution in [0.1, 0.15) is 23.2 Å². The molecule has 0 spiro atoms. The quantitative estimate of drug-likeness (QED) is 0.757. The van der Waals surface area contributed by atoms with Crippen molar-refractivity contribution in [1.82, 2.24) is 14.9 Å². The van der Waals surface area contributed by atoms with Crippen molar-refractivity contribution in [3.05, 3.63) is 60.4 Å². The second kappa shape index (κ2) is 6.80. The maximum Gasteiger partial charge on any atom is 0.254 e. The van der Waals surface area contributed by atoms with E-state index in [9.17, 15) is 9.90 Å². The lowest BCUT2D eigenvalue weighted by Gasteiger charge is -2.39. The molecule has 1 aliphatic rings. The maximum atomic E-state index is 12.9. The maximum absolute atomic E-state index is 12.9. The highest BCUT2D eigenvalue weighted by Crippen LogP contribution is 2.24. The number of likely N-dealkylation sites (tertiary alicyclic amines) is 1. The molecule has 1 saturated heterocycles. The van der Waals surface area contributed by atoms with E-state index in [1.54, 1.807) is 23.4 Å². The number of β-amino-alcohol motifs (C(OH)–C–C–N with tert-alkyl or cyclic N) is 1. The molecule has 1 amide bonds. The zero-order chi connectivity index (χ0) is 18.0. The molecular formula is C20H21N3O3. The van der Waals surface area contributed by atoms with Crippen molar-refractivity contribution in [2.45, 2.75) is 18.4 Å². The molecule has 1 aromatic heterocycles. The van der Waals surface area contributed by atoms with Crippen molar-refractivity contribution in [3.8, 4) is 5.75 Å². The summed E-state index contributed by atoms with van der Waals surface area (Å²) in [5, 5.41) is 10.9. The van der Waals surface area contributed by atoms with Gasteiger partial charge in [-0.3, -0.25) is 4.79 Å². The Morgan fingerprint density at radius 1 is 1.27 bits per heavy atom. The fourth-order valence-corrected chi connectivity index (χ4v) is 3.39. The monoisotopic (exact) mass is 351 g/mol. The molecule has 2 heterocycles. The molecule has 0 radical (unpaired) electrons. The molecule has 6 heteroatoms. The number of nitrogens with one attached hydrogen (secondary N) is 1. The van der Waals surface area contributed by atoms with Gasteiger partial charge >= 0.3 is 0 Å². The predicted octanol–water partition coefficient (Wildman–Crippen LogP) is 2.61. The van der Waals surface area contributed by atoms with Crippen LogP contribution in [0, 0.1) is 0 Å². The Labute approximate surface area is 151 Å². The normalized spacial score (nSPS) is 20.3. The number of benzene rings is 2. The van der Waals surface area contributed by atoms with Gasteiger partial charge in [-0.25, -0.2) is 4.98 Å². The van der Waals surface area contributed by atoms with Gasteiger partial charge in [0.15, 0.2) is 0 Å². The van der Waals surface area contributed by atoms with Crippen molar-refractivity contribution in [3.63, 3.8) is 0 Å². The Hall–Kier alpha value is -2.86. The van der Waals surface area contributed by atoms with E-state index >= 15 is 0 Å². The number of aromatic amines is 1. The first-order valence-corrected chi connectivity index (χ1v) is 8.76. The SMILES string of the molecule is O=C(c1ccc2nc[nH]c2c1)N1CCC[C@@](O)(COc2ccccc2)C1. The first-order valence-electron chi connectivity index (χ1n) is 8.76. The highest BCUT2D eigenvalue weighted by Gasteiger charge is 2.36. The molecule has 0 aliphatic carbocycles. The van der Waals surface area contributed by atoms with Crippen molar-refractivity contribution in [2.75, 3.05) is 19.7 Å². The summed E-state index contributed by atoms with van der Waals surface area (Å²) in [6.45, 7) is 1.06. The lowest BCUT2D eigenvalue weighted by atomic mass is 9.93. The molecule has 6 nitrogen and oxygen atoms in total. The first-order chi connectivity index (χ1) is 12.6. The van der Waals surface area contributed by atoms with Crippen LogP contribution in [0.4, 0.5) is 0 Å². The van der Waals surface area contributed by atoms with Crippen molar-refractivity contribution >= 4 is 16.9 Å². The number of carbonyl (C=O) groups excluding carboxylic acids is 1. The molecule has 26 heavy (non-hydrogen) atoms. The van der Waals surface area contributed by atoms with Gasteiger partial charge in [0.05, 0.1) is 23.9 Å². The number of H-pyrrole nitrogens is 1. The number of aromatic nitrogens is 2. The number of carbonyl (C=O) groups is 1. The molecule has 0 unspecified atom stereocenters. The Morgan fingerprint density at radius 3 is 2.96 bits per heavy atom. The number of piperidine rings is 1. The number of ether oxygens (including phenoxy) is 1. The van der Waals surface area contributed by atoms with E-state index in [4.69, 9.17) is 4.74 Å². The van der Waals surface area contributed by atoms with E-state index in [0.29, 0.717) is 24.3 Å². The minimum absolute atomic E-state index is 0.0839. The van der Waals surface area contributed by atoms with Crippen LogP contribution >= 0.6 is 0 Å². The summed E-state index contributed by atoms with van der Waals surface area (Å²) in [6.07, 6.45) is 2.97. The zero-order valence-corrected chi connectivity index (χ0v) is 14.4. The number of para-hydroxylation sites is 1. The summed E-state index contributed by atoms with van der Waals surface area (Å²) in [6, 6.07) is 14.8. The smallest absolute Gasteiger partial charge is 0.254 e. The first kappa shape index (κ1) is 16.6. The van der Waals surface area contributed by atoms with Gasteiger partial charge in [-0.05, 0) is 43.2 Å². The summed E-state index contributed by atoms with van der Waals surface area (Å²) in [5.74, 6) is 0.633. The van der Waals surface area contributed by atoms with E-state index in [0.717, 1.165) is 17.5 Å². The summed E-state index contributed by atoms with van der Waals surface area (Å²) in [5.41, 5.74) is 1.21. The fourth-order valence-electron chi connectivity index (χ4n) is 3.39. The van der Waals surface area contributed by atoms with Crippen LogP contribution in [0.3, 0.4) is 0 Å². The topological polar surface area (TPSA) is 78.5 Å². The summed E-state index contributed by atoms with van der Waals surface area (Å²) < 4.78 is 5.73. The summed E-state index contributed by atoms with van der Waals surface area (Å²) in [4.78, 5) is 21.8. The minimum Gasteiger partial charge on any atom is -0.491 e. The summed E-state index contributed by atoms with van der Waals surface area (Å²) >= 11 is 0. The van der Waals surface area contributed by atoms with Gasteiger partial charge in [0, 0.05) is 12.1 Å². The average molecular weight is 351 g/mol. The number of hydrogen-bond acceptors (Lipinski definition) is 4. The number of imidazole rings is 1. The molecule has 0 saturated carbocycles. The third-order valence-electron chi connectivity index (χ3n) is 4.76. The van der Waals surface area contributed by atoms with Gasteiger partial charge in [-0.15, -0.1) is 0 Å². The number of nitrogens with zero attached hydrogens (tertiary/aromatic N) is 2. The van der Waals surface area contributed by atoms with Crippen LogP contribution in [-0.4, -0.2) is 51.2 Å². The fraction of sp³-hybridized carbons (Fsp3) is 0.300. The van der Waals surface area contributed by atoms with E-state index in [-0.39, 0.29) is 19.1 Å². The molecule has 134 valence electrons. The van der Waals surface area contributed by atoms with Crippen LogP contribution in [0.15, 0.2) is 54.9 Å². The molecule has 2 N–H and O–H groups in total. The highest BCUT2D eigenvalue weighted by atomic mass is 16.5. The molecule has 0 bridgehead atoms. The van der Waals surface area contributed by atoms with Crippen LogP contribution in [0.2, 0.25) is 0 Å². The number of amides is 1. The molecule has 2 aromatic carbocycles. The van der Waals surface area contributed by atoms with Gasteiger partial charge in [0.25, 0.3) is 5.91 Å². The number of aliphatic hydroxyl groups is 1. The number of hydrogen-bond donors (Lipinski definition) is 2. The van der Waals surface area contributed by atoms with Gasteiger partial charge in [0.2, 0.25) is 0 Å². The summed E-state index contributed by atoms with van der Waals surface area (Å²) in [7, 11) is 0. The number of rotatable bonds is 4. The standard InChI is InChI=1S/C20H21N3O3/c24-19(15-7-8-17-18(11-15)22-14-21-17)23-10-4-9-20(25,12-23)13-26-16-5-2-1-3-6-16/h1-3,5-8,11,14,25H,4,9-10,12-13H2,(H,21,22)/t20-/m0/s1. The Bertz CT molecular complexity index is 909. The third kappa shape index (κ3) is 3.41. The van der Waals surface area contributed by atoms with Crippen LogP contribution in [0.25, 0.3) is 11.0 Å². The van der Waals surface area contributed by atoms with E-state index in [2.05, 4.69) is 9.97 Å². The zero-order valence-electron chi connectivity index (χ0n) is 14.4. The Balaban J connectivity index is 1.45. The van der Waals surface area contributed by atoms with E-state index < -0.39 is 5.60 Å². The Kier molecular flexibility index (Phi) is 4.34. The largest absolute Gasteiger partial charge is 0.491 e. The molecule has 1 fully saturated rings. The van der Waals surface area contributed by atoms with Crippen LogP contribution < -0.4 is 4.74 Å². The van der Waals surface area contributed by atoms with Crippen molar-refractivity contribution < 1.29 is 14.6 Å². The molecule has 1 atom stereocenters. The van der Waals surface area contributed by atoms with E-state index in [1.165, 1.54) is 0 Å². The van der Waals surface area contributed by atoms with Gasteiger partial charge < -0.3 is 19.7 Å². The molecule has 3 aromatic rings. The second-order valence-electron chi connectivity index (χ2n) is 6.79. The molecule has 4 rings (SSSR count). The molecular weight excluding hydrogens is 330 g/mol. The third-order valence-corrected chi connectivity index (χ3v) is 4.76. The van der Waals surface area contributed by atoms with E-state index in [1.807, 2.05) is 36.4 Å². The van der Waals surface area contributed by atoms with Crippen LogP contribution in [0.5, 0.6) is 5.75 Å². The lowest BCUT2D eigenvalue weighted by molar-refractivity contribution is -0.0531. The number of fused-ring (bicyclic) bond motifs is 1. The van der Waals surface area contributed by atoms with Gasteiger partial charge in [-0.1, -0.05) is 18.2 Å². The average Bonchev–Trinajstić information content (AvgIpc) is 3.14. The minimum atomic E-state index is -1.04. The molecule has 1 aliphatic heterocycles. The van der Waals surface area contributed by atoms with Crippen LogP contribution in [-0.2, 0) is 0 Å². The highest BCUT2D eigenvalue weighted by molar-refractivity contribution is 5.97. The van der Waals surface area contributed by atoms with Crippen molar-refractivity contribution in [2.24, 2.45) is 0 Å². The van der Waals surface area contributed by atoms with Crippen molar-refractivity contribution in [1.29, 1.82) is 0 Å². The Morgan fingerprint density at radius 2 is 2.12 bits per heavy atom. The lowest BCUT2D eigenvalue weighted by Crippen LogP contribution is -2.53.